The van der Waals surface area contributed by atoms with Crippen molar-refractivity contribution >= 4 is 50.7 Å². The predicted molar refractivity (Wildman–Crippen MR) is 135 cm³/mol. The highest BCUT2D eigenvalue weighted by molar-refractivity contribution is 7.89. The highest BCUT2D eigenvalue weighted by atomic mass is 35.5. The first kappa shape index (κ1) is 26.3. The Morgan fingerprint density at radius 1 is 1.00 bits per heavy atom. The van der Waals surface area contributed by atoms with Gasteiger partial charge in [0.25, 0.3) is 0 Å². The first-order valence-corrected chi connectivity index (χ1v) is 12.8. The van der Waals surface area contributed by atoms with Crippen molar-refractivity contribution in [3.8, 4) is 5.75 Å². The van der Waals surface area contributed by atoms with Gasteiger partial charge in [0.1, 0.15) is 5.75 Å². The molecule has 0 fully saturated rings. The fraction of sp³-hybridized carbons (Fsp3) is 0.208. The Morgan fingerprint density at radius 2 is 1.65 bits per heavy atom. The largest absolute Gasteiger partial charge is 0.496 e. The van der Waals surface area contributed by atoms with Crippen molar-refractivity contribution in [1.82, 2.24) is 9.62 Å². The van der Waals surface area contributed by atoms with Crippen molar-refractivity contribution in [2.75, 3.05) is 13.7 Å². The number of halogens is 3. The maximum absolute atomic E-state index is 13.4. The van der Waals surface area contributed by atoms with Gasteiger partial charge >= 0.3 is 0 Å². The van der Waals surface area contributed by atoms with Gasteiger partial charge in [-0.3, -0.25) is 4.79 Å². The minimum atomic E-state index is -4.05. The van der Waals surface area contributed by atoms with Crippen LogP contribution in [0.4, 0.5) is 0 Å². The summed E-state index contributed by atoms with van der Waals surface area (Å²) in [6.45, 7) is 1.24. The molecular weight excluding hydrogens is 519 g/mol. The number of carbonyl (C=O) groups excluding carboxylic acids is 1. The Kier molecular flexibility index (Phi) is 8.84. The molecule has 0 aliphatic rings. The van der Waals surface area contributed by atoms with Crippen LogP contribution in [0.2, 0.25) is 15.1 Å². The zero-order valence-corrected chi connectivity index (χ0v) is 21.5. The van der Waals surface area contributed by atoms with E-state index in [0.717, 1.165) is 9.87 Å². The summed E-state index contributed by atoms with van der Waals surface area (Å²) in [5.74, 6) is 0.134. The summed E-state index contributed by atoms with van der Waals surface area (Å²) in [6, 6.07) is 17.4. The van der Waals surface area contributed by atoms with E-state index in [1.807, 2.05) is 18.2 Å². The molecule has 3 aromatic carbocycles. The van der Waals surface area contributed by atoms with E-state index in [-0.39, 0.29) is 11.4 Å². The lowest BCUT2D eigenvalue weighted by atomic mass is 10.1. The number of benzene rings is 3. The van der Waals surface area contributed by atoms with Gasteiger partial charge in [0.2, 0.25) is 15.9 Å². The van der Waals surface area contributed by atoms with Crippen LogP contribution in [-0.2, 0) is 21.4 Å². The van der Waals surface area contributed by atoms with Crippen molar-refractivity contribution in [1.29, 1.82) is 0 Å². The van der Waals surface area contributed by atoms with Gasteiger partial charge in [0.15, 0.2) is 0 Å². The first-order chi connectivity index (χ1) is 16.1. The Bertz CT molecular complexity index is 1270. The monoisotopic (exact) mass is 540 g/mol. The topological polar surface area (TPSA) is 75.7 Å². The van der Waals surface area contributed by atoms with Gasteiger partial charge in [-0.1, -0.05) is 59.1 Å². The molecule has 34 heavy (non-hydrogen) atoms. The Hall–Kier alpha value is -2.29. The molecule has 0 unspecified atom stereocenters. The number of amides is 1. The van der Waals surface area contributed by atoms with Crippen molar-refractivity contribution in [3.05, 3.63) is 92.9 Å². The van der Waals surface area contributed by atoms with Crippen LogP contribution in [0.3, 0.4) is 0 Å². The lowest BCUT2D eigenvalue weighted by Gasteiger charge is -2.24. The standard InChI is InChI=1S/C24H23Cl3N2O4S/c1-16(21-5-3-4-6-23(21)33-2)28-24(30)15-29(14-17-7-8-19(26)13-22(17)27)34(31,32)20-11-9-18(25)10-12-20/h3-13,16H,14-15H2,1-2H3,(H,28,30)/t16-/m0/s1. The maximum atomic E-state index is 13.4. The van der Waals surface area contributed by atoms with Gasteiger partial charge in [-0.05, 0) is 55.0 Å². The van der Waals surface area contributed by atoms with E-state index in [4.69, 9.17) is 39.5 Å². The molecule has 1 N–H and O–H groups in total. The molecular formula is C24H23Cl3N2O4S. The van der Waals surface area contributed by atoms with Crippen LogP contribution in [0.1, 0.15) is 24.1 Å². The fourth-order valence-corrected chi connectivity index (χ4v) is 5.34. The molecule has 0 saturated heterocycles. The van der Waals surface area contributed by atoms with E-state index >= 15 is 0 Å². The van der Waals surface area contributed by atoms with Crippen LogP contribution < -0.4 is 10.1 Å². The number of para-hydroxylation sites is 1. The van der Waals surface area contributed by atoms with Gasteiger partial charge in [0.05, 0.1) is 24.6 Å². The molecule has 0 aliphatic carbocycles. The Morgan fingerprint density at radius 3 is 2.29 bits per heavy atom. The Balaban J connectivity index is 1.88. The maximum Gasteiger partial charge on any atom is 0.243 e. The number of ether oxygens (including phenoxy) is 1. The number of nitrogens with zero attached hydrogens (tertiary/aromatic N) is 1. The van der Waals surface area contributed by atoms with Gasteiger partial charge in [-0.25, -0.2) is 8.42 Å². The van der Waals surface area contributed by atoms with E-state index in [1.54, 1.807) is 32.2 Å². The van der Waals surface area contributed by atoms with E-state index in [9.17, 15) is 13.2 Å². The van der Waals surface area contributed by atoms with Crippen molar-refractivity contribution in [3.63, 3.8) is 0 Å². The summed E-state index contributed by atoms with van der Waals surface area (Å²) in [5, 5.41) is 3.96. The summed E-state index contributed by atoms with van der Waals surface area (Å²) < 4.78 is 33.3. The summed E-state index contributed by atoms with van der Waals surface area (Å²) >= 11 is 18.2. The highest BCUT2D eigenvalue weighted by Gasteiger charge is 2.28. The van der Waals surface area contributed by atoms with Crippen molar-refractivity contribution in [2.45, 2.75) is 24.4 Å². The quantitative estimate of drug-likeness (QED) is 0.376. The molecule has 0 bridgehead atoms. The summed E-state index contributed by atoms with van der Waals surface area (Å²) in [5.41, 5.74) is 1.28. The molecule has 3 rings (SSSR count). The normalized spacial score (nSPS) is 12.4. The van der Waals surface area contributed by atoms with Gasteiger partial charge in [-0.2, -0.15) is 4.31 Å². The molecule has 1 amide bonds. The van der Waals surface area contributed by atoms with E-state index in [1.165, 1.54) is 30.3 Å². The number of nitrogens with one attached hydrogen (secondary N) is 1. The number of hydrogen-bond acceptors (Lipinski definition) is 4. The van der Waals surface area contributed by atoms with E-state index < -0.39 is 28.5 Å². The highest BCUT2D eigenvalue weighted by Crippen LogP contribution is 2.27. The average Bonchev–Trinajstić information content (AvgIpc) is 2.80. The lowest BCUT2D eigenvalue weighted by Crippen LogP contribution is -2.41. The molecule has 0 saturated carbocycles. The zero-order valence-electron chi connectivity index (χ0n) is 18.5. The van der Waals surface area contributed by atoms with Crippen LogP contribution in [0.25, 0.3) is 0 Å². The van der Waals surface area contributed by atoms with Crippen LogP contribution in [0.15, 0.2) is 71.6 Å². The molecule has 6 nitrogen and oxygen atoms in total. The molecule has 180 valence electrons. The predicted octanol–water partition coefficient (Wildman–Crippen LogP) is 5.72. The number of methoxy groups -OCH3 is 1. The third kappa shape index (κ3) is 6.43. The zero-order chi connectivity index (χ0) is 24.9. The minimum Gasteiger partial charge on any atom is -0.496 e. The number of sulfonamides is 1. The molecule has 3 aromatic rings. The second-order valence-corrected chi connectivity index (χ2v) is 10.7. The minimum absolute atomic E-state index is 0.00700. The third-order valence-corrected chi connectivity index (χ3v) is 7.76. The smallest absolute Gasteiger partial charge is 0.243 e. The molecule has 1 atom stereocenters. The van der Waals surface area contributed by atoms with Gasteiger partial charge in [-0.15, -0.1) is 0 Å². The summed E-state index contributed by atoms with van der Waals surface area (Å²) in [7, 11) is -2.51. The number of hydrogen-bond donors (Lipinski definition) is 1. The molecule has 0 heterocycles. The summed E-state index contributed by atoms with van der Waals surface area (Å²) in [6.07, 6.45) is 0. The first-order valence-electron chi connectivity index (χ1n) is 10.2. The molecule has 0 aliphatic heterocycles. The van der Waals surface area contributed by atoms with Crippen molar-refractivity contribution in [2.24, 2.45) is 0 Å². The van der Waals surface area contributed by atoms with Crippen LogP contribution >= 0.6 is 34.8 Å². The third-order valence-electron chi connectivity index (χ3n) is 5.12. The van der Waals surface area contributed by atoms with Crippen molar-refractivity contribution < 1.29 is 17.9 Å². The Labute approximate surface area is 214 Å². The lowest BCUT2D eigenvalue weighted by molar-refractivity contribution is -0.122. The molecule has 0 aromatic heterocycles. The number of carbonyl (C=O) groups is 1. The fourth-order valence-electron chi connectivity index (χ4n) is 3.37. The number of rotatable bonds is 9. The van der Waals surface area contributed by atoms with Crippen LogP contribution in [0.5, 0.6) is 5.75 Å². The summed E-state index contributed by atoms with van der Waals surface area (Å²) in [4.78, 5) is 13.0. The average molecular weight is 542 g/mol. The van der Waals surface area contributed by atoms with Gasteiger partial charge < -0.3 is 10.1 Å². The van der Waals surface area contributed by atoms with Crippen LogP contribution in [0, 0.1) is 0 Å². The SMILES string of the molecule is COc1ccccc1[C@H](C)NC(=O)CN(Cc1ccc(Cl)cc1Cl)S(=O)(=O)c1ccc(Cl)cc1. The van der Waals surface area contributed by atoms with E-state index in [2.05, 4.69) is 5.32 Å². The molecule has 0 spiro atoms. The second kappa shape index (κ2) is 11.4. The van der Waals surface area contributed by atoms with E-state index in [0.29, 0.717) is 26.4 Å². The van der Waals surface area contributed by atoms with Crippen LogP contribution in [-0.4, -0.2) is 32.3 Å². The van der Waals surface area contributed by atoms with Gasteiger partial charge in [0, 0.05) is 27.2 Å². The second-order valence-electron chi connectivity index (χ2n) is 7.49. The molecule has 10 heteroatoms. The molecule has 0 radical (unpaired) electrons.